The van der Waals surface area contributed by atoms with E-state index in [0.717, 1.165) is 5.56 Å². The lowest BCUT2D eigenvalue weighted by molar-refractivity contribution is -0.119. The Kier molecular flexibility index (Phi) is 4.78. The summed E-state index contributed by atoms with van der Waals surface area (Å²) in [5, 5.41) is 3.34. The quantitative estimate of drug-likeness (QED) is 0.868. The van der Waals surface area contributed by atoms with Gasteiger partial charge in [-0.3, -0.25) is 4.79 Å². The molecule has 0 saturated carbocycles. The van der Waals surface area contributed by atoms with Gasteiger partial charge in [0.05, 0.1) is 12.8 Å². The van der Waals surface area contributed by atoms with Crippen molar-refractivity contribution in [3.8, 4) is 5.75 Å². The second-order valence-corrected chi connectivity index (χ2v) is 4.33. The first-order valence-corrected chi connectivity index (χ1v) is 5.72. The summed E-state index contributed by atoms with van der Waals surface area (Å²) in [5.74, 6) is 0.190. The fourth-order valence-corrected chi connectivity index (χ4v) is 1.45. The second-order valence-electron chi connectivity index (χ2n) is 3.93. The van der Waals surface area contributed by atoms with E-state index in [1.165, 1.54) is 0 Å². The van der Waals surface area contributed by atoms with Crippen LogP contribution < -0.4 is 15.8 Å². The first-order chi connectivity index (χ1) is 7.99. The Morgan fingerprint density at radius 1 is 1.59 bits per heavy atom. The zero-order valence-electron chi connectivity index (χ0n) is 10.2. The molecule has 0 fully saturated rings. The van der Waals surface area contributed by atoms with Crippen LogP contribution in [-0.4, -0.2) is 19.6 Å². The highest BCUT2D eigenvalue weighted by atomic mass is 35.5. The summed E-state index contributed by atoms with van der Waals surface area (Å²) in [7, 11) is 1.55. The topological polar surface area (TPSA) is 64.3 Å². The highest BCUT2D eigenvalue weighted by Crippen LogP contribution is 2.31. The number of carbonyl (C=O) groups is 1. The molecule has 0 aliphatic carbocycles. The van der Waals surface area contributed by atoms with E-state index in [0.29, 0.717) is 23.0 Å². The molecule has 1 rings (SSSR count). The number of aryl methyl sites for hydroxylation is 1. The van der Waals surface area contributed by atoms with Gasteiger partial charge >= 0.3 is 0 Å². The van der Waals surface area contributed by atoms with Crippen molar-refractivity contribution in [3.05, 3.63) is 22.7 Å². The Morgan fingerprint density at radius 2 is 2.24 bits per heavy atom. The summed E-state index contributed by atoms with van der Waals surface area (Å²) in [6.07, 6.45) is 0. The number of hydrogen-bond acceptors (Lipinski definition) is 3. The molecule has 0 aliphatic rings. The molecule has 1 unspecified atom stereocenters. The smallest absolute Gasteiger partial charge is 0.228 e. The van der Waals surface area contributed by atoms with Crippen LogP contribution in [0, 0.1) is 12.8 Å². The van der Waals surface area contributed by atoms with E-state index in [4.69, 9.17) is 22.1 Å². The van der Waals surface area contributed by atoms with Gasteiger partial charge in [-0.25, -0.2) is 0 Å². The SMILES string of the molecule is COc1cc(C)c(Cl)cc1NC(=O)C(C)CN. The van der Waals surface area contributed by atoms with Gasteiger partial charge in [-0.2, -0.15) is 0 Å². The number of methoxy groups -OCH3 is 1. The number of anilines is 1. The number of amides is 1. The molecule has 94 valence electrons. The largest absolute Gasteiger partial charge is 0.495 e. The highest BCUT2D eigenvalue weighted by Gasteiger charge is 2.14. The number of hydrogen-bond donors (Lipinski definition) is 2. The number of rotatable bonds is 4. The standard InChI is InChI=1S/C12H17ClN2O2/c1-7-4-11(17-3)10(5-9(7)13)15-12(16)8(2)6-14/h4-5,8H,6,14H2,1-3H3,(H,15,16). The first-order valence-electron chi connectivity index (χ1n) is 5.34. The van der Waals surface area contributed by atoms with E-state index in [9.17, 15) is 4.79 Å². The summed E-state index contributed by atoms with van der Waals surface area (Å²) in [6.45, 7) is 3.93. The molecule has 0 spiro atoms. The average Bonchev–Trinajstić information content (AvgIpc) is 2.32. The van der Waals surface area contributed by atoms with E-state index in [2.05, 4.69) is 5.32 Å². The molecule has 1 amide bonds. The fourth-order valence-electron chi connectivity index (χ4n) is 1.28. The molecule has 0 radical (unpaired) electrons. The number of nitrogens with two attached hydrogens (primary N) is 1. The van der Waals surface area contributed by atoms with Gasteiger partial charge in [0.25, 0.3) is 0 Å². The van der Waals surface area contributed by atoms with E-state index >= 15 is 0 Å². The predicted octanol–water partition coefficient (Wildman–Crippen LogP) is 2.19. The molecule has 5 heteroatoms. The van der Waals surface area contributed by atoms with Gasteiger partial charge in [-0.05, 0) is 24.6 Å². The Bertz CT molecular complexity index is 421. The van der Waals surface area contributed by atoms with Crippen molar-refractivity contribution >= 4 is 23.2 Å². The molecule has 0 saturated heterocycles. The summed E-state index contributed by atoms with van der Waals surface area (Å²) >= 11 is 6.01. The first kappa shape index (κ1) is 13.8. The minimum atomic E-state index is -0.250. The minimum absolute atomic E-state index is 0.147. The molecule has 0 aromatic heterocycles. The van der Waals surface area contributed by atoms with Crippen LogP contribution in [0.2, 0.25) is 5.02 Å². The lowest BCUT2D eigenvalue weighted by atomic mass is 10.1. The van der Waals surface area contributed by atoms with Crippen molar-refractivity contribution in [2.75, 3.05) is 19.0 Å². The minimum Gasteiger partial charge on any atom is -0.495 e. The maximum absolute atomic E-state index is 11.7. The Balaban J connectivity index is 2.97. The highest BCUT2D eigenvalue weighted by molar-refractivity contribution is 6.31. The molecule has 1 aromatic rings. The zero-order chi connectivity index (χ0) is 13.0. The third kappa shape index (κ3) is 3.35. The molecule has 0 heterocycles. The second kappa shape index (κ2) is 5.89. The third-order valence-corrected chi connectivity index (χ3v) is 2.95. The summed E-state index contributed by atoms with van der Waals surface area (Å²) in [6, 6.07) is 3.46. The number of ether oxygens (including phenoxy) is 1. The van der Waals surface area contributed by atoms with Crippen LogP contribution in [0.4, 0.5) is 5.69 Å². The van der Waals surface area contributed by atoms with E-state index in [1.807, 2.05) is 6.92 Å². The molecule has 17 heavy (non-hydrogen) atoms. The Hall–Kier alpha value is -1.26. The van der Waals surface area contributed by atoms with Crippen molar-refractivity contribution in [3.63, 3.8) is 0 Å². The number of halogens is 1. The average molecular weight is 257 g/mol. The van der Waals surface area contributed by atoms with Gasteiger partial charge in [-0.1, -0.05) is 18.5 Å². The van der Waals surface area contributed by atoms with Gasteiger partial charge in [-0.15, -0.1) is 0 Å². The van der Waals surface area contributed by atoms with Gasteiger partial charge in [0.2, 0.25) is 5.91 Å². The predicted molar refractivity (Wildman–Crippen MR) is 69.6 cm³/mol. The third-order valence-electron chi connectivity index (χ3n) is 2.54. The lowest BCUT2D eigenvalue weighted by Crippen LogP contribution is -2.26. The van der Waals surface area contributed by atoms with Crippen LogP contribution >= 0.6 is 11.6 Å². The van der Waals surface area contributed by atoms with Crippen LogP contribution in [0.1, 0.15) is 12.5 Å². The summed E-state index contributed by atoms with van der Waals surface area (Å²) in [5.41, 5.74) is 6.89. The van der Waals surface area contributed by atoms with Crippen LogP contribution in [0.25, 0.3) is 0 Å². The van der Waals surface area contributed by atoms with Crippen molar-refractivity contribution in [2.45, 2.75) is 13.8 Å². The van der Waals surface area contributed by atoms with Crippen molar-refractivity contribution in [1.82, 2.24) is 0 Å². The molecule has 1 atom stereocenters. The van der Waals surface area contributed by atoms with E-state index in [-0.39, 0.29) is 11.8 Å². The van der Waals surface area contributed by atoms with Gasteiger partial charge in [0.15, 0.2) is 0 Å². The molecular formula is C12H17ClN2O2. The monoisotopic (exact) mass is 256 g/mol. The fraction of sp³-hybridized carbons (Fsp3) is 0.417. The van der Waals surface area contributed by atoms with Crippen LogP contribution in [0.15, 0.2) is 12.1 Å². The maximum Gasteiger partial charge on any atom is 0.228 e. The van der Waals surface area contributed by atoms with E-state index in [1.54, 1.807) is 26.2 Å². The normalized spacial score (nSPS) is 12.1. The molecular weight excluding hydrogens is 240 g/mol. The van der Waals surface area contributed by atoms with Gasteiger partial charge in [0, 0.05) is 17.5 Å². The van der Waals surface area contributed by atoms with Gasteiger partial charge < -0.3 is 15.8 Å². The molecule has 1 aromatic carbocycles. The molecule has 0 bridgehead atoms. The van der Waals surface area contributed by atoms with Crippen molar-refractivity contribution < 1.29 is 9.53 Å². The Morgan fingerprint density at radius 3 is 2.76 bits per heavy atom. The van der Waals surface area contributed by atoms with E-state index < -0.39 is 0 Å². The zero-order valence-corrected chi connectivity index (χ0v) is 11.0. The number of benzene rings is 1. The summed E-state index contributed by atoms with van der Waals surface area (Å²) in [4.78, 5) is 11.7. The number of nitrogens with one attached hydrogen (secondary N) is 1. The number of carbonyl (C=O) groups excluding carboxylic acids is 1. The molecule has 0 aliphatic heterocycles. The van der Waals surface area contributed by atoms with Crippen molar-refractivity contribution in [2.24, 2.45) is 11.7 Å². The Labute approximate surface area is 106 Å². The van der Waals surface area contributed by atoms with Crippen LogP contribution in [0.5, 0.6) is 5.75 Å². The lowest BCUT2D eigenvalue weighted by Gasteiger charge is -2.14. The molecule has 3 N–H and O–H groups in total. The molecule has 4 nitrogen and oxygen atoms in total. The van der Waals surface area contributed by atoms with Crippen LogP contribution in [-0.2, 0) is 4.79 Å². The van der Waals surface area contributed by atoms with Gasteiger partial charge in [0.1, 0.15) is 5.75 Å². The van der Waals surface area contributed by atoms with Crippen molar-refractivity contribution in [1.29, 1.82) is 0 Å². The maximum atomic E-state index is 11.7. The van der Waals surface area contributed by atoms with Crippen LogP contribution in [0.3, 0.4) is 0 Å². The summed E-state index contributed by atoms with van der Waals surface area (Å²) < 4.78 is 5.19.